The molecule has 0 bridgehead atoms. The van der Waals surface area contributed by atoms with Crippen molar-refractivity contribution in [3.8, 4) is 17.0 Å². The molecule has 1 N–H and O–H groups in total. The molecule has 1 aromatic carbocycles. The van der Waals surface area contributed by atoms with Crippen LogP contribution in [0.3, 0.4) is 0 Å². The average molecular weight is 580 g/mol. The van der Waals surface area contributed by atoms with Crippen molar-refractivity contribution < 1.29 is 23.5 Å². The smallest absolute Gasteiger partial charge is 0.220 e. The zero-order valence-electron chi connectivity index (χ0n) is 24.5. The van der Waals surface area contributed by atoms with Crippen molar-refractivity contribution in [2.75, 3.05) is 31.6 Å². The molecule has 222 valence electrons. The number of phenols is 1. The Hall–Kier alpha value is -4.48. The minimum atomic E-state index is -0.919. The lowest BCUT2D eigenvalue weighted by Gasteiger charge is -2.40. The molecule has 12 heteroatoms. The number of carbonyl (C=O) groups excluding carboxylic acids is 2. The van der Waals surface area contributed by atoms with Crippen molar-refractivity contribution in [2.24, 2.45) is 4.99 Å². The number of amidine groups is 1. The fourth-order valence-corrected chi connectivity index (χ4v) is 5.26. The van der Waals surface area contributed by atoms with Crippen LogP contribution in [0.15, 0.2) is 35.6 Å². The molecular weight excluding hydrogens is 544 g/mol. The molecule has 42 heavy (non-hydrogen) atoms. The maximum absolute atomic E-state index is 15.9. The van der Waals surface area contributed by atoms with E-state index < -0.39 is 28.6 Å². The predicted molar refractivity (Wildman–Crippen MR) is 156 cm³/mol. The van der Waals surface area contributed by atoms with E-state index in [0.29, 0.717) is 49.0 Å². The first-order chi connectivity index (χ1) is 20.0. The summed E-state index contributed by atoms with van der Waals surface area (Å²) in [6.07, 6.45) is 2.77. The van der Waals surface area contributed by atoms with E-state index in [9.17, 15) is 19.1 Å². The predicted octanol–water partition coefficient (Wildman–Crippen LogP) is 4.60. The highest BCUT2D eigenvalue weighted by atomic mass is 19.1. The van der Waals surface area contributed by atoms with Crippen LogP contribution in [-0.4, -0.2) is 81.2 Å². The standard InChI is InChI=1S/C30H35F2N7O3/c1-17(2)25-28(26(18(3)4)35-14-34-25)39(16-41)30-20(29(33-6)38-11-10-37(15-40)13-19(38)5)12-22(32)27(36-30)24-21(31)8-7-9-23(24)42/h7-9,12,14-19,42H,10-11,13H2,1-6H3/b33-29+. The Kier molecular flexibility index (Phi) is 9.13. The van der Waals surface area contributed by atoms with Crippen molar-refractivity contribution in [2.45, 2.75) is 52.5 Å². The quantitative estimate of drug-likeness (QED) is 0.236. The van der Waals surface area contributed by atoms with Crippen LogP contribution in [0.1, 0.15) is 63.4 Å². The molecule has 1 aliphatic rings. The van der Waals surface area contributed by atoms with Gasteiger partial charge in [0.05, 0.1) is 28.2 Å². The molecule has 1 unspecified atom stereocenters. The molecular formula is C30H35F2N7O3. The summed E-state index contributed by atoms with van der Waals surface area (Å²) in [4.78, 5) is 47.2. The Morgan fingerprint density at radius 2 is 1.76 bits per heavy atom. The van der Waals surface area contributed by atoms with Gasteiger partial charge in [0.2, 0.25) is 12.8 Å². The van der Waals surface area contributed by atoms with Crippen molar-refractivity contribution in [1.82, 2.24) is 24.8 Å². The Labute approximate surface area is 243 Å². The Morgan fingerprint density at radius 3 is 2.29 bits per heavy atom. The second-order valence-electron chi connectivity index (χ2n) is 10.8. The van der Waals surface area contributed by atoms with Gasteiger partial charge in [-0.25, -0.2) is 23.7 Å². The summed E-state index contributed by atoms with van der Waals surface area (Å²) in [6.45, 7) is 10.8. The largest absolute Gasteiger partial charge is 0.507 e. The maximum Gasteiger partial charge on any atom is 0.220 e. The topological polar surface area (TPSA) is 115 Å². The molecule has 1 saturated heterocycles. The highest BCUT2D eigenvalue weighted by molar-refractivity contribution is 6.06. The number of hydrogen-bond acceptors (Lipinski definition) is 7. The number of halogens is 2. The number of amides is 2. The molecule has 1 atom stereocenters. The molecule has 2 amide bonds. The fourth-order valence-electron chi connectivity index (χ4n) is 5.26. The van der Waals surface area contributed by atoms with Gasteiger partial charge in [-0.2, -0.15) is 0 Å². The fraction of sp³-hybridized carbons (Fsp3) is 0.400. The van der Waals surface area contributed by atoms with Crippen LogP contribution in [0.2, 0.25) is 0 Å². The first kappa shape index (κ1) is 30.5. The van der Waals surface area contributed by atoms with E-state index in [4.69, 9.17) is 0 Å². The van der Waals surface area contributed by atoms with Gasteiger partial charge in [-0.05, 0) is 37.0 Å². The number of pyridine rings is 1. The highest BCUT2D eigenvalue weighted by Gasteiger charge is 2.33. The van der Waals surface area contributed by atoms with E-state index in [1.807, 2.05) is 39.5 Å². The van der Waals surface area contributed by atoms with Crippen LogP contribution in [0.5, 0.6) is 5.75 Å². The van der Waals surface area contributed by atoms with E-state index in [1.54, 1.807) is 11.9 Å². The number of benzene rings is 1. The summed E-state index contributed by atoms with van der Waals surface area (Å²) in [5.74, 6) is -2.26. The van der Waals surface area contributed by atoms with Gasteiger partial charge in [-0.1, -0.05) is 33.8 Å². The summed E-state index contributed by atoms with van der Waals surface area (Å²) in [5, 5.41) is 10.5. The molecule has 10 nitrogen and oxygen atoms in total. The molecule has 1 fully saturated rings. The second kappa shape index (κ2) is 12.6. The zero-order chi connectivity index (χ0) is 30.7. The lowest BCUT2D eigenvalue weighted by Crippen LogP contribution is -2.54. The third-order valence-corrected chi connectivity index (χ3v) is 7.26. The van der Waals surface area contributed by atoms with E-state index in [-0.39, 0.29) is 29.3 Å². The number of aromatic nitrogens is 3. The first-order valence-corrected chi connectivity index (χ1v) is 13.7. The van der Waals surface area contributed by atoms with Gasteiger partial charge in [0.1, 0.15) is 29.4 Å². The number of rotatable bonds is 8. The molecule has 1 aliphatic heterocycles. The van der Waals surface area contributed by atoms with E-state index in [0.717, 1.165) is 18.5 Å². The molecule has 0 aliphatic carbocycles. The molecule has 0 radical (unpaired) electrons. The minimum absolute atomic E-state index is 0.0340. The van der Waals surface area contributed by atoms with Crippen molar-refractivity contribution in [3.05, 3.63) is 59.2 Å². The van der Waals surface area contributed by atoms with E-state index in [2.05, 4.69) is 19.9 Å². The van der Waals surface area contributed by atoms with Crippen LogP contribution in [-0.2, 0) is 9.59 Å². The molecule has 2 aromatic heterocycles. The average Bonchev–Trinajstić information content (AvgIpc) is 2.95. The Morgan fingerprint density at radius 1 is 1.10 bits per heavy atom. The SMILES string of the molecule is C/N=C(\c1cc(F)c(-c2c(O)cccc2F)nc1N(C=O)c1c(C(C)C)ncnc1C(C)C)N1CCN(C=O)CC1C. The van der Waals surface area contributed by atoms with Gasteiger partial charge in [0.25, 0.3) is 0 Å². The Balaban J connectivity index is 2.05. The van der Waals surface area contributed by atoms with Gasteiger partial charge in [-0.3, -0.25) is 19.5 Å². The number of phenolic OH excluding ortho intramolecular Hbond substituents is 1. The molecule has 4 rings (SSSR count). The number of aliphatic imine (C=N–C) groups is 1. The first-order valence-electron chi connectivity index (χ1n) is 13.7. The summed E-state index contributed by atoms with van der Waals surface area (Å²) < 4.78 is 30.9. The van der Waals surface area contributed by atoms with Crippen LogP contribution in [0.4, 0.5) is 20.3 Å². The summed E-state index contributed by atoms with van der Waals surface area (Å²) in [7, 11) is 1.54. The molecule has 0 spiro atoms. The summed E-state index contributed by atoms with van der Waals surface area (Å²) >= 11 is 0. The number of aromatic hydroxyl groups is 1. The minimum Gasteiger partial charge on any atom is -0.507 e. The molecule has 0 saturated carbocycles. The van der Waals surface area contributed by atoms with Crippen LogP contribution < -0.4 is 4.90 Å². The van der Waals surface area contributed by atoms with Crippen LogP contribution in [0, 0.1) is 11.6 Å². The monoisotopic (exact) mass is 579 g/mol. The normalized spacial score (nSPS) is 15.9. The van der Waals surface area contributed by atoms with Gasteiger partial charge >= 0.3 is 0 Å². The van der Waals surface area contributed by atoms with Crippen molar-refractivity contribution in [1.29, 1.82) is 0 Å². The lowest BCUT2D eigenvalue weighted by molar-refractivity contribution is -0.120. The molecule has 3 aromatic rings. The molecule has 3 heterocycles. The number of hydrogen-bond donors (Lipinski definition) is 1. The number of nitrogens with zero attached hydrogens (tertiary/aromatic N) is 7. The van der Waals surface area contributed by atoms with Crippen molar-refractivity contribution >= 4 is 30.2 Å². The summed E-state index contributed by atoms with van der Waals surface area (Å²) in [6, 6.07) is 4.57. The van der Waals surface area contributed by atoms with E-state index in [1.165, 1.54) is 23.4 Å². The third kappa shape index (κ3) is 5.65. The summed E-state index contributed by atoms with van der Waals surface area (Å²) in [5.41, 5.74) is 0.776. The zero-order valence-corrected chi connectivity index (χ0v) is 24.5. The van der Waals surface area contributed by atoms with Gasteiger partial charge in [0, 0.05) is 32.7 Å². The van der Waals surface area contributed by atoms with Gasteiger partial charge < -0.3 is 14.9 Å². The third-order valence-electron chi connectivity index (χ3n) is 7.26. The Bertz CT molecular complexity index is 1470. The number of carbonyl (C=O) groups is 2. The van der Waals surface area contributed by atoms with Crippen molar-refractivity contribution in [3.63, 3.8) is 0 Å². The lowest BCUT2D eigenvalue weighted by atomic mass is 10.00. The van der Waals surface area contributed by atoms with E-state index >= 15 is 4.39 Å². The van der Waals surface area contributed by atoms with Crippen LogP contribution >= 0.6 is 0 Å². The second-order valence-corrected chi connectivity index (χ2v) is 10.8. The highest BCUT2D eigenvalue weighted by Crippen LogP contribution is 2.40. The number of anilines is 2. The number of piperazine rings is 1. The van der Waals surface area contributed by atoms with Crippen LogP contribution in [0.25, 0.3) is 11.3 Å². The van der Waals surface area contributed by atoms with Gasteiger partial charge in [0.15, 0.2) is 11.6 Å². The maximum atomic E-state index is 15.9. The van der Waals surface area contributed by atoms with Gasteiger partial charge in [-0.15, -0.1) is 0 Å².